The molecular formula is C66H86O8. The fourth-order valence-electron chi connectivity index (χ4n) is 4.41. The second-order valence-electron chi connectivity index (χ2n) is 17.1. The second kappa shape index (κ2) is 50.3. The molecule has 0 bridgehead atoms. The van der Waals surface area contributed by atoms with E-state index in [4.69, 9.17) is 4.74 Å². The number of benzene rings is 7. The normalized spacial score (nSPS) is 8.50. The number of methoxy groups -OCH3 is 1. The monoisotopic (exact) mass is 1010 g/mol. The largest absolute Gasteiger partial charge is 0.457 e. The lowest BCUT2D eigenvalue weighted by atomic mass is 10.0. The molecule has 0 heterocycles. The van der Waals surface area contributed by atoms with Crippen molar-refractivity contribution in [2.24, 2.45) is 0 Å². The van der Waals surface area contributed by atoms with Crippen molar-refractivity contribution in [1.82, 2.24) is 0 Å². The lowest BCUT2D eigenvalue weighted by Gasteiger charge is -2.04. The van der Waals surface area contributed by atoms with E-state index in [2.05, 4.69) is 124 Å². The molecule has 0 saturated carbocycles. The van der Waals surface area contributed by atoms with Crippen LogP contribution in [-0.4, -0.2) is 48.4 Å². The topological polar surface area (TPSA) is 121 Å². The van der Waals surface area contributed by atoms with Gasteiger partial charge in [-0.3, -0.25) is 4.79 Å². The Labute approximate surface area is 446 Å². The van der Waals surface area contributed by atoms with Gasteiger partial charge < -0.3 is 33.4 Å². The zero-order chi connectivity index (χ0) is 57.1. The van der Waals surface area contributed by atoms with Gasteiger partial charge >= 0.3 is 0 Å². The van der Waals surface area contributed by atoms with Crippen LogP contribution in [0.15, 0.2) is 200 Å². The summed E-state index contributed by atoms with van der Waals surface area (Å²) >= 11 is 0. The summed E-state index contributed by atoms with van der Waals surface area (Å²) < 4.78 is 10.1. The molecule has 8 nitrogen and oxygen atoms in total. The van der Waals surface area contributed by atoms with Crippen LogP contribution in [0.4, 0.5) is 0 Å². The number of aryl methyl sites for hydroxylation is 5. The Morgan fingerprint density at radius 2 is 0.486 bits per heavy atom. The summed E-state index contributed by atoms with van der Waals surface area (Å²) in [5, 5.41) is 0. The van der Waals surface area contributed by atoms with Crippen LogP contribution in [0.5, 0.6) is 11.5 Å². The Morgan fingerprint density at radius 1 is 0.284 bits per heavy atom. The first-order chi connectivity index (χ1) is 34.8. The van der Waals surface area contributed by atoms with Gasteiger partial charge in [0.15, 0.2) is 5.78 Å². The number of Topliss-reactive ketones (excluding diaryl/α,β-unsaturated/α-hetero) is 6. The average molecular weight is 1010 g/mol. The summed E-state index contributed by atoms with van der Waals surface area (Å²) in [5.74, 6) is 2.65. The van der Waals surface area contributed by atoms with Crippen LogP contribution in [0, 0.1) is 34.6 Å². The Kier molecular flexibility index (Phi) is 49.5. The highest BCUT2D eigenvalue weighted by atomic mass is 16.5. The molecule has 0 saturated heterocycles. The number of ether oxygens (including phenoxy) is 2. The standard InChI is InChI=1S/C13H12O.C13H12.3C7H8.C4H8O2.5C3H6O/c1-11-7-9-13(10-8-11)14-12-5-3-2-4-6-12;1-11-7-9-13(10-8-11)12-5-3-2-4-6-12;3*1-7-5-3-2-4-6-7;1-4(5)3-6-2;5*1-3(2)4/h2-10H,1H3;2-10H,1H3;3*2-6H,1H3;3H2,1-2H3;5*1-2H3. The minimum absolute atomic E-state index is 0.0671. The molecule has 0 atom stereocenters. The van der Waals surface area contributed by atoms with Crippen molar-refractivity contribution in [3.05, 3.63) is 228 Å². The molecule has 8 heteroatoms. The number of para-hydroxylation sites is 1. The minimum Gasteiger partial charge on any atom is -0.457 e. The molecule has 0 radical (unpaired) electrons. The van der Waals surface area contributed by atoms with Crippen LogP contribution in [0.3, 0.4) is 0 Å². The van der Waals surface area contributed by atoms with Gasteiger partial charge in [-0.05, 0) is 146 Å². The van der Waals surface area contributed by atoms with Crippen LogP contribution in [0.25, 0.3) is 11.1 Å². The van der Waals surface area contributed by atoms with E-state index in [1.165, 1.54) is 122 Å². The number of hydrogen-bond acceptors (Lipinski definition) is 8. The molecule has 7 aromatic rings. The molecule has 7 aromatic carbocycles. The molecule has 0 unspecified atom stereocenters. The molecule has 0 aromatic heterocycles. The Morgan fingerprint density at radius 3 is 0.703 bits per heavy atom. The minimum atomic E-state index is 0.0671. The van der Waals surface area contributed by atoms with E-state index in [1.807, 2.05) is 115 Å². The van der Waals surface area contributed by atoms with Crippen LogP contribution < -0.4 is 4.74 Å². The number of carbonyl (C=O) groups excluding carboxylic acids is 6. The molecule has 74 heavy (non-hydrogen) atoms. The van der Waals surface area contributed by atoms with Gasteiger partial charge in [0.2, 0.25) is 0 Å². The molecule has 0 amide bonds. The van der Waals surface area contributed by atoms with Crippen LogP contribution in [-0.2, 0) is 33.5 Å². The van der Waals surface area contributed by atoms with Crippen molar-refractivity contribution in [3.63, 3.8) is 0 Å². The summed E-state index contributed by atoms with van der Waals surface area (Å²) in [4.78, 5) is 57.1. The average Bonchev–Trinajstić information content (AvgIpc) is 3.32. The van der Waals surface area contributed by atoms with Crippen LogP contribution >= 0.6 is 0 Å². The van der Waals surface area contributed by atoms with E-state index in [9.17, 15) is 28.8 Å². The summed E-state index contributed by atoms with van der Waals surface area (Å²) in [6.07, 6.45) is 0. The fraction of sp³-hybridized carbons (Fsp3) is 0.273. The van der Waals surface area contributed by atoms with Gasteiger partial charge in [0, 0.05) is 7.11 Å². The molecule has 0 aliphatic heterocycles. The number of ketones is 6. The highest BCUT2D eigenvalue weighted by Crippen LogP contribution is 2.21. The van der Waals surface area contributed by atoms with Crippen molar-refractivity contribution in [2.45, 2.75) is 111 Å². The van der Waals surface area contributed by atoms with Crippen molar-refractivity contribution >= 4 is 34.7 Å². The lowest BCUT2D eigenvalue weighted by Crippen LogP contribution is -1.98. The summed E-state index contributed by atoms with van der Waals surface area (Å²) in [7, 11) is 1.50. The van der Waals surface area contributed by atoms with Crippen molar-refractivity contribution in [1.29, 1.82) is 0 Å². The SMILES string of the molecule is CC(C)=O.CC(C)=O.CC(C)=O.CC(C)=O.CC(C)=O.COCC(C)=O.Cc1ccc(-c2ccccc2)cc1.Cc1ccc(Oc2ccccc2)cc1.Cc1ccccc1.Cc1ccccc1.Cc1ccccc1. The van der Waals surface area contributed by atoms with Crippen molar-refractivity contribution < 1.29 is 38.2 Å². The number of hydrogen-bond donors (Lipinski definition) is 0. The molecular weight excluding hydrogens is 921 g/mol. The van der Waals surface area contributed by atoms with E-state index in [-0.39, 0.29) is 41.3 Å². The Bertz CT molecular complexity index is 2250. The van der Waals surface area contributed by atoms with Crippen LogP contribution in [0.1, 0.15) is 104 Å². The van der Waals surface area contributed by atoms with Crippen molar-refractivity contribution in [3.8, 4) is 22.6 Å². The number of carbonyl (C=O) groups is 6. The quantitative estimate of drug-likeness (QED) is 0.167. The highest BCUT2D eigenvalue weighted by molar-refractivity contribution is 5.76. The predicted octanol–water partition coefficient (Wildman–Crippen LogP) is 16.6. The van der Waals surface area contributed by atoms with Gasteiger partial charge in [0.05, 0.1) is 0 Å². The molecule has 7 rings (SSSR count). The first kappa shape index (κ1) is 72.9. The highest BCUT2D eigenvalue weighted by Gasteiger charge is 1.95. The summed E-state index contributed by atoms with van der Waals surface area (Å²) in [6.45, 7) is 27.4. The molecule has 0 aliphatic carbocycles. The van der Waals surface area contributed by atoms with Gasteiger partial charge in [0.1, 0.15) is 47.0 Å². The van der Waals surface area contributed by atoms with Gasteiger partial charge in [-0.15, -0.1) is 0 Å². The smallest absolute Gasteiger partial charge is 0.155 e. The van der Waals surface area contributed by atoms with E-state index in [0.29, 0.717) is 0 Å². The molecule has 0 N–H and O–H groups in total. The zero-order valence-electron chi connectivity index (χ0n) is 47.5. The van der Waals surface area contributed by atoms with E-state index in [0.717, 1.165) is 11.5 Å². The summed E-state index contributed by atoms with van der Waals surface area (Å²) in [5.41, 5.74) is 9.08. The molecule has 398 valence electrons. The maximum absolute atomic E-state index is 9.92. The summed E-state index contributed by atoms with van der Waals surface area (Å²) in [6, 6.07) is 67.6. The van der Waals surface area contributed by atoms with Crippen LogP contribution in [0.2, 0.25) is 0 Å². The van der Waals surface area contributed by atoms with E-state index < -0.39 is 0 Å². The fourth-order valence-corrected chi connectivity index (χ4v) is 4.41. The van der Waals surface area contributed by atoms with Gasteiger partial charge in [-0.2, -0.15) is 0 Å². The first-order valence-corrected chi connectivity index (χ1v) is 24.1. The van der Waals surface area contributed by atoms with Gasteiger partial charge in [0.25, 0.3) is 0 Å². The molecule has 0 fully saturated rings. The first-order valence-electron chi connectivity index (χ1n) is 24.1. The third-order valence-electron chi connectivity index (χ3n) is 7.33. The third-order valence-corrected chi connectivity index (χ3v) is 7.33. The van der Waals surface area contributed by atoms with Gasteiger partial charge in [-0.1, -0.05) is 204 Å². The second-order valence-corrected chi connectivity index (χ2v) is 17.1. The molecule has 0 spiro atoms. The molecule has 0 aliphatic rings. The zero-order valence-corrected chi connectivity index (χ0v) is 47.5. The van der Waals surface area contributed by atoms with E-state index in [1.54, 1.807) is 0 Å². The maximum Gasteiger partial charge on any atom is 0.155 e. The maximum atomic E-state index is 9.92. The van der Waals surface area contributed by atoms with E-state index >= 15 is 0 Å². The third kappa shape index (κ3) is 64.3. The van der Waals surface area contributed by atoms with Crippen molar-refractivity contribution in [2.75, 3.05) is 13.7 Å². The predicted molar refractivity (Wildman–Crippen MR) is 312 cm³/mol. The van der Waals surface area contributed by atoms with Gasteiger partial charge in [-0.25, -0.2) is 0 Å². The lowest BCUT2D eigenvalue weighted by molar-refractivity contribution is -0.120. The number of rotatable bonds is 5. The Balaban J connectivity index is -0.000000378. The Hall–Kier alpha value is -7.68.